The number of morpholine rings is 1. The molecular formula is C29H37FN6O2S. The molecule has 0 spiro atoms. The lowest BCUT2D eigenvalue weighted by Gasteiger charge is -2.28. The van der Waals surface area contributed by atoms with Crippen LogP contribution in [0, 0.1) is 5.82 Å². The third-order valence-corrected chi connectivity index (χ3v) is 8.01. The van der Waals surface area contributed by atoms with E-state index in [4.69, 9.17) is 9.73 Å². The smallest absolute Gasteiger partial charge is 0.314 e. The number of likely N-dealkylation sites (tertiary alicyclic amines) is 1. The molecule has 10 heteroatoms. The fourth-order valence-electron chi connectivity index (χ4n) is 4.99. The number of carbonyl (C=O) groups is 1. The Hall–Kier alpha value is -3.21. The standard InChI is InChI=1S/C29H37FN6O2S/c30-24-6-8-25(9-7-24)33-29-36(16-3-12-31-28(37)32-13-17-34-14-1-2-15-34)27(22-39-29)23-4-10-26(11-5-23)35-18-20-38-21-19-35/h4-11,22H,1-3,12-21H2,(H2,31,32,37). The highest BCUT2D eigenvalue weighted by molar-refractivity contribution is 7.07. The number of nitrogens with one attached hydrogen (secondary N) is 2. The number of hydrogen-bond acceptors (Lipinski definition) is 6. The second-order valence-electron chi connectivity index (χ2n) is 9.87. The largest absolute Gasteiger partial charge is 0.378 e. The van der Waals surface area contributed by atoms with E-state index >= 15 is 0 Å². The van der Waals surface area contributed by atoms with Crippen LogP contribution in [0.3, 0.4) is 0 Å². The van der Waals surface area contributed by atoms with Crippen LogP contribution in [0.25, 0.3) is 11.3 Å². The summed E-state index contributed by atoms with van der Waals surface area (Å²) in [5.74, 6) is -0.279. The molecule has 208 valence electrons. The van der Waals surface area contributed by atoms with Gasteiger partial charge in [-0.05, 0) is 74.3 Å². The second kappa shape index (κ2) is 13.7. The molecule has 2 aliphatic heterocycles. The number of halogens is 1. The Bertz CT molecular complexity index is 1260. The van der Waals surface area contributed by atoms with Crippen LogP contribution in [0.5, 0.6) is 0 Å². The van der Waals surface area contributed by atoms with Crippen LogP contribution in [-0.2, 0) is 11.3 Å². The number of amides is 2. The topological polar surface area (TPSA) is 74.1 Å². The van der Waals surface area contributed by atoms with Crippen LogP contribution >= 0.6 is 11.3 Å². The van der Waals surface area contributed by atoms with E-state index in [1.165, 1.54) is 30.7 Å². The Morgan fingerprint density at radius 1 is 0.923 bits per heavy atom. The molecule has 2 amide bonds. The normalized spacial score (nSPS) is 16.5. The van der Waals surface area contributed by atoms with Gasteiger partial charge in [0.15, 0.2) is 4.80 Å². The van der Waals surface area contributed by atoms with E-state index in [2.05, 4.69) is 54.6 Å². The first-order chi connectivity index (χ1) is 19.2. The number of hydrogen-bond donors (Lipinski definition) is 2. The average Bonchev–Trinajstić information content (AvgIpc) is 3.63. The maximum Gasteiger partial charge on any atom is 0.314 e. The van der Waals surface area contributed by atoms with E-state index < -0.39 is 0 Å². The summed E-state index contributed by atoms with van der Waals surface area (Å²) in [6.45, 7) is 8.39. The lowest BCUT2D eigenvalue weighted by atomic mass is 10.1. The summed E-state index contributed by atoms with van der Waals surface area (Å²) in [5, 5.41) is 8.06. The Morgan fingerprint density at radius 3 is 2.38 bits per heavy atom. The molecule has 0 radical (unpaired) electrons. The van der Waals surface area contributed by atoms with Gasteiger partial charge in [0.05, 0.1) is 24.6 Å². The van der Waals surface area contributed by atoms with Crippen LogP contribution in [0.2, 0.25) is 0 Å². The van der Waals surface area contributed by atoms with Gasteiger partial charge in [-0.25, -0.2) is 14.2 Å². The number of aromatic nitrogens is 1. The van der Waals surface area contributed by atoms with Crippen LogP contribution in [0.1, 0.15) is 19.3 Å². The molecule has 5 rings (SSSR count). The van der Waals surface area contributed by atoms with Crippen molar-refractivity contribution in [2.75, 3.05) is 63.9 Å². The zero-order valence-electron chi connectivity index (χ0n) is 22.3. The first-order valence-electron chi connectivity index (χ1n) is 13.8. The van der Waals surface area contributed by atoms with E-state index in [-0.39, 0.29) is 11.8 Å². The highest BCUT2D eigenvalue weighted by Crippen LogP contribution is 2.25. The summed E-state index contributed by atoms with van der Waals surface area (Å²) in [5.41, 5.74) is 4.08. The Labute approximate surface area is 233 Å². The summed E-state index contributed by atoms with van der Waals surface area (Å²) < 4.78 is 21.1. The van der Waals surface area contributed by atoms with Gasteiger partial charge in [0.1, 0.15) is 5.82 Å². The van der Waals surface area contributed by atoms with Crippen molar-refractivity contribution >= 4 is 28.7 Å². The van der Waals surface area contributed by atoms with Crippen LogP contribution in [0.4, 0.5) is 20.6 Å². The Kier molecular flexibility index (Phi) is 9.63. The van der Waals surface area contributed by atoms with Crippen molar-refractivity contribution in [2.45, 2.75) is 25.8 Å². The molecule has 2 fully saturated rings. The molecule has 1 aromatic heterocycles. The Morgan fingerprint density at radius 2 is 1.64 bits per heavy atom. The van der Waals surface area contributed by atoms with Crippen molar-refractivity contribution in [3.05, 3.63) is 64.5 Å². The van der Waals surface area contributed by atoms with Gasteiger partial charge in [0.2, 0.25) is 0 Å². The quantitative estimate of drug-likeness (QED) is 0.370. The highest BCUT2D eigenvalue weighted by Gasteiger charge is 2.14. The number of anilines is 1. The van der Waals surface area contributed by atoms with Gasteiger partial charge >= 0.3 is 6.03 Å². The van der Waals surface area contributed by atoms with E-state index in [1.54, 1.807) is 23.5 Å². The molecule has 39 heavy (non-hydrogen) atoms. The predicted molar refractivity (Wildman–Crippen MR) is 154 cm³/mol. The minimum Gasteiger partial charge on any atom is -0.378 e. The van der Waals surface area contributed by atoms with E-state index in [0.717, 1.165) is 68.4 Å². The van der Waals surface area contributed by atoms with E-state index in [0.29, 0.717) is 25.3 Å². The summed E-state index contributed by atoms with van der Waals surface area (Å²) in [6.07, 6.45) is 3.26. The summed E-state index contributed by atoms with van der Waals surface area (Å²) in [6, 6.07) is 14.7. The zero-order chi connectivity index (χ0) is 26.9. The van der Waals surface area contributed by atoms with Gasteiger partial charge < -0.3 is 29.7 Å². The fourth-order valence-corrected chi connectivity index (χ4v) is 5.95. The third kappa shape index (κ3) is 7.68. The summed E-state index contributed by atoms with van der Waals surface area (Å²) in [4.78, 5) is 22.6. The molecule has 2 N–H and O–H groups in total. The monoisotopic (exact) mass is 552 g/mol. The van der Waals surface area contributed by atoms with Crippen LogP contribution in [0.15, 0.2) is 58.9 Å². The van der Waals surface area contributed by atoms with Crippen molar-refractivity contribution in [2.24, 2.45) is 4.99 Å². The Balaban J connectivity index is 1.25. The number of rotatable bonds is 10. The summed E-state index contributed by atoms with van der Waals surface area (Å²) in [7, 11) is 0. The molecule has 0 bridgehead atoms. The predicted octanol–water partition coefficient (Wildman–Crippen LogP) is 4.21. The molecule has 2 saturated heterocycles. The zero-order valence-corrected chi connectivity index (χ0v) is 23.1. The fraction of sp³-hybridized carbons (Fsp3) is 0.448. The summed E-state index contributed by atoms with van der Waals surface area (Å²) >= 11 is 1.56. The first kappa shape index (κ1) is 27.4. The van der Waals surface area contributed by atoms with Gasteiger partial charge in [-0.1, -0.05) is 12.1 Å². The van der Waals surface area contributed by atoms with Crippen molar-refractivity contribution in [3.8, 4) is 11.3 Å². The van der Waals surface area contributed by atoms with Gasteiger partial charge in [-0.2, -0.15) is 0 Å². The highest BCUT2D eigenvalue weighted by atomic mass is 32.1. The second-order valence-corrected chi connectivity index (χ2v) is 10.7. The third-order valence-electron chi connectivity index (χ3n) is 7.14. The van der Waals surface area contributed by atoms with Crippen molar-refractivity contribution in [3.63, 3.8) is 0 Å². The molecule has 2 aromatic carbocycles. The maximum absolute atomic E-state index is 13.4. The molecule has 0 saturated carbocycles. The molecule has 0 unspecified atom stereocenters. The lowest BCUT2D eigenvalue weighted by Crippen LogP contribution is -2.40. The van der Waals surface area contributed by atoms with Crippen molar-refractivity contribution in [1.29, 1.82) is 0 Å². The van der Waals surface area contributed by atoms with Gasteiger partial charge in [0.25, 0.3) is 0 Å². The van der Waals surface area contributed by atoms with E-state index in [1.807, 2.05) is 0 Å². The van der Waals surface area contributed by atoms with Gasteiger partial charge in [-0.3, -0.25) is 0 Å². The lowest BCUT2D eigenvalue weighted by molar-refractivity contribution is 0.122. The number of urea groups is 1. The van der Waals surface area contributed by atoms with Crippen LogP contribution in [-0.4, -0.2) is 74.5 Å². The first-order valence-corrected chi connectivity index (χ1v) is 14.7. The van der Waals surface area contributed by atoms with Gasteiger partial charge in [0, 0.05) is 50.3 Å². The van der Waals surface area contributed by atoms with Crippen molar-refractivity contribution < 1.29 is 13.9 Å². The SMILES string of the molecule is O=C(NCCCn1c(-c2ccc(N3CCOCC3)cc2)csc1=Nc1ccc(F)cc1)NCCN1CCCC1. The molecular weight excluding hydrogens is 515 g/mol. The molecule has 2 aliphatic rings. The molecule has 3 aromatic rings. The number of thiazole rings is 1. The number of benzene rings is 2. The number of ether oxygens (including phenoxy) is 1. The van der Waals surface area contributed by atoms with E-state index in [9.17, 15) is 9.18 Å². The number of nitrogens with zero attached hydrogens (tertiary/aromatic N) is 4. The molecule has 0 aliphatic carbocycles. The minimum absolute atomic E-state index is 0.125. The van der Waals surface area contributed by atoms with Gasteiger partial charge in [-0.15, -0.1) is 11.3 Å². The minimum atomic E-state index is -0.279. The molecule has 8 nitrogen and oxygen atoms in total. The maximum atomic E-state index is 13.4. The molecule has 0 atom stereocenters. The van der Waals surface area contributed by atoms with Crippen LogP contribution < -0.4 is 20.3 Å². The molecule has 3 heterocycles. The number of carbonyl (C=O) groups excluding carboxylic acids is 1. The van der Waals surface area contributed by atoms with Crippen molar-refractivity contribution in [1.82, 2.24) is 20.1 Å². The average molecular weight is 553 g/mol.